The standard InChI is InChI=1S/C18H21N3O4S/c1-3-4-9-21-13(2)20-26(23,24)17-11-14(7-8-16(17)21)18(22)19-12-15-6-5-10-25-15/h5-8,10-11H,3-4,9,12H2,1-2H3,(H,19,22). The number of sulfonamides is 1. The number of unbranched alkanes of at least 4 members (excludes halogenated alkanes) is 1. The molecule has 1 aromatic heterocycles. The van der Waals surface area contributed by atoms with Crippen molar-refractivity contribution < 1.29 is 17.6 Å². The largest absolute Gasteiger partial charge is 0.467 e. The average molecular weight is 375 g/mol. The van der Waals surface area contributed by atoms with Gasteiger partial charge in [-0.3, -0.25) is 4.79 Å². The molecule has 0 saturated carbocycles. The summed E-state index contributed by atoms with van der Waals surface area (Å²) in [4.78, 5) is 14.3. The van der Waals surface area contributed by atoms with Crippen LogP contribution < -0.4 is 10.2 Å². The van der Waals surface area contributed by atoms with E-state index in [-0.39, 0.29) is 22.9 Å². The number of rotatable bonds is 6. The highest BCUT2D eigenvalue weighted by Gasteiger charge is 2.29. The Hall–Kier alpha value is -2.61. The molecule has 0 unspecified atom stereocenters. The molecule has 7 nitrogen and oxygen atoms in total. The molecular weight excluding hydrogens is 354 g/mol. The van der Waals surface area contributed by atoms with Gasteiger partial charge >= 0.3 is 0 Å². The summed E-state index contributed by atoms with van der Waals surface area (Å²) in [5.74, 6) is 0.696. The van der Waals surface area contributed by atoms with Gasteiger partial charge in [0.05, 0.1) is 18.5 Å². The molecular formula is C18H21N3O4S. The van der Waals surface area contributed by atoms with Crippen molar-refractivity contribution in [1.82, 2.24) is 5.32 Å². The number of carbonyl (C=O) groups is 1. The maximum atomic E-state index is 12.5. The monoisotopic (exact) mass is 375 g/mol. The summed E-state index contributed by atoms with van der Waals surface area (Å²) in [6.07, 6.45) is 3.43. The second-order valence-electron chi connectivity index (χ2n) is 6.06. The van der Waals surface area contributed by atoms with E-state index in [1.807, 2.05) is 4.90 Å². The number of hydrogen-bond acceptors (Lipinski definition) is 5. The van der Waals surface area contributed by atoms with Gasteiger partial charge in [-0.05, 0) is 43.7 Å². The van der Waals surface area contributed by atoms with Crippen LogP contribution in [-0.2, 0) is 16.6 Å². The number of hydrogen-bond donors (Lipinski definition) is 1. The Kier molecular flexibility index (Phi) is 5.13. The highest BCUT2D eigenvalue weighted by molar-refractivity contribution is 7.90. The molecule has 0 saturated heterocycles. The first-order chi connectivity index (χ1) is 12.4. The number of anilines is 1. The van der Waals surface area contributed by atoms with Crippen LogP contribution in [0.4, 0.5) is 5.69 Å². The normalized spacial score (nSPS) is 15.3. The Labute approximate surface area is 152 Å². The molecule has 0 spiro atoms. The lowest BCUT2D eigenvalue weighted by Crippen LogP contribution is -2.35. The van der Waals surface area contributed by atoms with Gasteiger partial charge in [0.2, 0.25) is 0 Å². The zero-order valence-corrected chi connectivity index (χ0v) is 15.5. The van der Waals surface area contributed by atoms with Gasteiger partial charge < -0.3 is 14.6 Å². The van der Waals surface area contributed by atoms with E-state index < -0.39 is 10.0 Å². The minimum Gasteiger partial charge on any atom is -0.467 e. The second-order valence-corrected chi connectivity index (χ2v) is 7.64. The average Bonchev–Trinajstić information content (AvgIpc) is 3.12. The van der Waals surface area contributed by atoms with E-state index in [1.165, 1.54) is 12.3 Å². The summed E-state index contributed by atoms with van der Waals surface area (Å²) >= 11 is 0. The highest BCUT2D eigenvalue weighted by Crippen LogP contribution is 2.32. The van der Waals surface area contributed by atoms with Gasteiger partial charge in [-0.2, -0.15) is 8.42 Å². The van der Waals surface area contributed by atoms with E-state index in [4.69, 9.17) is 4.42 Å². The summed E-state index contributed by atoms with van der Waals surface area (Å²) in [5, 5.41) is 2.71. The van der Waals surface area contributed by atoms with Gasteiger partial charge in [0.1, 0.15) is 16.5 Å². The maximum absolute atomic E-state index is 12.5. The van der Waals surface area contributed by atoms with Gasteiger partial charge in [0.15, 0.2) is 0 Å². The first-order valence-electron chi connectivity index (χ1n) is 8.46. The molecule has 1 aromatic carbocycles. The van der Waals surface area contributed by atoms with Crippen molar-refractivity contribution in [3.05, 3.63) is 47.9 Å². The van der Waals surface area contributed by atoms with Crippen LogP contribution in [0.1, 0.15) is 42.8 Å². The third-order valence-corrected chi connectivity index (χ3v) is 5.56. The number of furan rings is 1. The molecule has 0 fully saturated rings. The van der Waals surface area contributed by atoms with Crippen molar-refractivity contribution in [2.75, 3.05) is 11.4 Å². The molecule has 3 rings (SSSR count). The lowest BCUT2D eigenvalue weighted by molar-refractivity contribution is 0.0948. The number of amidine groups is 1. The van der Waals surface area contributed by atoms with Crippen molar-refractivity contribution in [3.63, 3.8) is 0 Å². The second kappa shape index (κ2) is 7.33. The van der Waals surface area contributed by atoms with Crippen LogP contribution >= 0.6 is 0 Å². The van der Waals surface area contributed by atoms with E-state index in [2.05, 4.69) is 16.6 Å². The number of nitrogens with zero attached hydrogens (tertiary/aromatic N) is 2. The Bertz CT molecular complexity index is 933. The molecule has 8 heteroatoms. The van der Waals surface area contributed by atoms with E-state index >= 15 is 0 Å². The van der Waals surface area contributed by atoms with Gasteiger partial charge in [-0.25, -0.2) is 0 Å². The molecule has 26 heavy (non-hydrogen) atoms. The summed E-state index contributed by atoms with van der Waals surface area (Å²) in [6, 6.07) is 8.17. The van der Waals surface area contributed by atoms with E-state index in [9.17, 15) is 13.2 Å². The van der Waals surface area contributed by atoms with Crippen LogP contribution in [0.15, 0.2) is 50.3 Å². The summed E-state index contributed by atoms with van der Waals surface area (Å²) in [5.41, 5.74) is 0.831. The van der Waals surface area contributed by atoms with E-state index in [0.717, 1.165) is 12.8 Å². The van der Waals surface area contributed by atoms with Crippen molar-refractivity contribution in [2.45, 2.75) is 38.1 Å². The number of fused-ring (bicyclic) bond motifs is 1. The molecule has 0 bridgehead atoms. The molecule has 1 N–H and O–H groups in total. The maximum Gasteiger partial charge on any atom is 0.286 e. The zero-order valence-electron chi connectivity index (χ0n) is 14.7. The zero-order chi connectivity index (χ0) is 18.7. The number of carbonyl (C=O) groups excluding carboxylic acids is 1. The quantitative estimate of drug-likeness (QED) is 0.838. The number of benzene rings is 1. The molecule has 2 aromatic rings. The van der Waals surface area contributed by atoms with Crippen LogP contribution in [0.25, 0.3) is 0 Å². The Morgan fingerprint density at radius 1 is 1.31 bits per heavy atom. The topological polar surface area (TPSA) is 92.0 Å². The molecule has 1 aliphatic heterocycles. The first-order valence-corrected chi connectivity index (χ1v) is 9.90. The third kappa shape index (κ3) is 3.65. The summed E-state index contributed by atoms with van der Waals surface area (Å²) in [6.45, 7) is 4.66. The molecule has 2 heterocycles. The summed E-state index contributed by atoms with van der Waals surface area (Å²) in [7, 11) is -3.82. The fourth-order valence-electron chi connectivity index (χ4n) is 2.81. The number of amides is 1. The molecule has 1 aliphatic rings. The van der Waals surface area contributed by atoms with E-state index in [0.29, 0.717) is 23.8 Å². The first kappa shape index (κ1) is 18.2. The predicted octanol–water partition coefficient (Wildman–Crippen LogP) is 2.94. The predicted molar refractivity (Wildman–Crippen MR) is 98.9 cm³/mol. The van der Waals surface area contributed by atoms with Crippen molar-refractivity contribution >= 4 is 27.5 Å². The summed E-state index contributed by atoms with van der Waals surface area (Å²) < 4.78 is 33.9. The molecule has 138 valence electrons. The fraction of sp³-hybridized carbons (Fsp3) is 0.333. The van der Waals surface area contributed by atoms with Gasteiger partial charge in [-0.1, -0.05) is 13.3 Å². The van der Waals surface area contributed by atoms with Gasteiger partial charge in [0, 0.05) is 12.1 Å². The Morgan fingerprint density at radius 2 is 2.12 bits per heavy atom. The van der Waals surface area contributed by atoms with Crippen LogP contribution in [0.5, 0.6) is 0 Å². The van der Waals surface area contributed by atoms with Crippen LogP contribution in [0, 0.1) is 0 Å². The lowest BCUT2D eigenvalue weighted by atomic mass is 10.1. The van der Waals surface area contributed by atoms with Crippen LogP contribution in [-0.4, -0.2) is 26.7 Å². The van der Waals surface area contributed by atoms with Crippen molar-refractivity contribution in [1.29, 1.82) is 0 Å². The Balaban J connectivity index is 1.88. The van der Waals surface area contributed by atoms with Crippen molar-refractivity contribution in [2.24, 2.45) is 4.40 Å². The highest BCUT2D eigenvalue weighted by atomic mass is 32.2. The fourth-order valence-corrected chi connectivity index (χ4v) is 4.08. The molecule has 1 amide bonds. The smallest absolute Gasteiger partial charge is 0.286 e. The lowest BCUT2D eigenvalue weighted by Gasteiger charge is -2.29. The van der Waals surface area contributed by atoms with E-state index in [1.54, 1.807) is 31.2 Å². The van der Waals surface area contributed by atoms with Crippen LogP contribution in [0.3, 0.4) is 0 Å². The van der Waals surface area contributed by atoms with Crippen LogP contribution in [0.2, 0.25) is 0 Å². The number of nitrogens with one attached hydrogen (secondary N) is 1. The molecule has 0 aliphatic carbocycles. The van der Waals surface area contributed by atoms with Gasteiger partial charge in [0.25, 0.3) is 15.9 Å². The third-order valence-electron chi connectivity index (χ3n) is 4.17. The van der Waals surface area contributed by atoms with Crippen molar-refractivity contribution in [3.8, 4) is 0 Å². The van der Waals surface area contributed by atoms with Gasteiger partial charge in [-0.15, -0.1) is 4.40 Å². The minimum atomic E-state index is -3.82. The molecule has 0 atom stereocenters. The Morgan fingerprint density at radius 3 is 2.81 bits per heavy atom. The minimum absolute atomic E-state index is 0.0600. The SMILES string of the molecule is CCCCN1C(C)=NS(=O)(=O)c2cc(C(=O)NCc3ccco3)ccc21. The molecule has 0 radical (unpaired) electrons.